The van der Waals surface area contributed by atoms with Crippen molar-refractivity contribution in [3.63, 3.8) is 0 Å². The molecule has 0 amide bonds. The lowest BCUT2D eigenvalue weighted by Gasteiger charge is -2.10. The molecule has 0 fully saturated rings. The summed E-state index contributed by atoms with van der Waals surface area (Å²) in [6, 6.07) is 14.8. The van der Waals surface area contributed by atoms with Crippen LogP contribution in [-0.4, -0.2) is 21.0 Å². The summed E-state index contributed by atoms with van der Waals surface area (Å²) in [6.45, 7) is 0. The van der Waals surface area contributed by atoms with Crippen LogP contribution in [0.15, 0.2) is 67.0 Å². The van der Waals surface area contributed by atoms with Crippen molar-refractivity contribution in [2.24, 2.45) is 0 Å². The number of ketones is 1. The van der Waals surface area contributed by atoms with Gasteiger partial charge in [-0.15, -0.1) is 0 Å². The van der Waals surface area contributed by atoms with Gasteiger partial charge >= 0.3 is 0 Å². The second-order valence-electron chi connectivity index (χ2n) is 4.82. The number of phenols is 2. The molecule has 0 saturated heterocycles. The van der Waals surface area contributed by atoms with E-state index in [0.29, 0.717) is 11.1 Å². The van der Waals surface area contributed by atoms with E-state index in [4.69, 9.17) is 0 Å². The van der Waals surface area contributed by atoms with Gasteiger partial charge in [-0.2, -0.15) is 0 Å². The van der Waals surface area contributed by atoms with Crippen LogP contribution in [-0.2, 0) is 0 Å². The molecule has 0 aliphatic heterocycles. The van der Waals surface area contributed by atoms with Crippen molar-refractivity contribution in [3.05, 3.63) is 78.1 Å². The van der Waals surface area contributed by atoms with Gasteiger partial charge in [0.1, 0.15) is 11.5 Å². The highest BCUT2D eigenvalue weighted by molar-refractivity contribution is 6.10. The monoisotopic (exact) mass is 291 g/mol. The molecule has 3 rings (SSSR count). The lowest BCUT2D eigenvalue weighted by molar-refractivity contribution is 0.103. The minimum Gasteiger partial charge on any atom is -0.507 e. The maximum atomic E-state index is 12.4. The third kappa shape index (κ3) is 2.54. The SMILES string of the molecule is O=C(c1ccccc1)c1cc(O)c(-c2ccncc2)c(O)c1. The first-order chi connectivity index (χ1) is 10.7. The number of carbonyl (C=O) groups excluding carboxylic acids is 1. The van der Waals surface area contributed by atoms with E-state index in [1.165, 1.54) is 12.1 Å². The Hall–Kier alpha value is -3.14. The third-order valence-electron chi connectivity index (χ3n) is 3.36. The van der Waals surface area contributed by atoms with E-state index in [9.17, 15) is 15.0 Å². The summed E-state index contributed by atoms with van der Waals surface area (Å²) in [4.78, 5) is 16.3. The Morgan fingerprint density at radius 2 is 1.41 bits per heavy atom. The summed E-state index contributed by atoms with van der Waals surface area (Å²) >= 11 is 0. The Kier molecular flexibility index (Phi) is 3.58. The van der Waals surface area contributed by atoms with Crippen molar-refractivity contribution in [1.82, 2.24) is 4.98 Å². The van der Waals surface area contributed by atoms with Crippen molar-refractivity contribution in [2.75, 3.05) is 0 Å². The normalized spacial score (nSPS) is 10.4. The average Bonchev–Trinajstić information content (AvgIpc) is 2.55. The quantitative estimate of drug-likeness (QED) is 0.726. The van der Waals surface area contributed by atoms with E-state index < -0.39 is 0 Å². The number of carbonyl (C=O) groups is 1. The summed E-state index contributed by atoms with van der Waals surface area (Å²) in [5.41, 5.74) is 1.65. The Morgan fingerprint density at radius 1 is 0.818 bits per heavy atom. The lowest BCUT2D eigenvalue weighted by atomic mass is 9.98. The molecular weight excluding hydrogens is 278 g/mol. The van der Waals surface area contributed by atoms with Crippen molar-refractivity contribution >= 4 is 5.78 Å². The minimum atomic E-state index is -0.257. The van der Waals surface area contributed by atoms with Gasteiger partial charge in [-0.25, -0.2) is 0 Å². The Bertz CT molecular complexity index is 791. The van der Waals surface area contributed by atoms with Crippen LogP contribution in [0.2, 0.25) is 0 Å². The maximum Gasteiger partial charge on any atom is 0.193 e. The van der Waals surface area contributed by atoms with E-state index in [-0.39, 0.29) is 28.4 Å². The molecule has 4 nitrogen and oxygen atoms in total. The Morgan fingerprint density at radius 3 is 2.00 bits per heavy atom. The molecule has 0 bridgehead atoms. The molecule has 0 aliphatic rings. The zero-order chi connectivity index (χ0) is 15.5. The van der Waals surface area contributed by atoms with Crippen LogP contribution in [0.1, 0.15) is 15.9 Å². The highest BCUT2D eigenvalue weighted by atomic mass is 16.3. The van der Waals surface area contributed by atoms with Gasteiger partial charge in [-0.1, -0.05) is 30.3 Å². The molecule has 0 aliphatic carbocycles. The van der Waals surface area contributed by atoms with E-state index in [1.807, 2.05) is 6.07 Å². The summed E-state index contributed by atoms with van der Waals surface area (Å²) < 4.78 is 0. The summed E-state index contributed by atoms with van der Waals surface area (Å²) in [7, 11) is 0. The third-order valence-corrected chi connectivity index (χ3v) is 3.36. The number of hydrogen-bond donors (Lipinski definition) is 2. The van der Waals surface area contributed by atoms with Gasteiger partial charge in [0.05, 0.1) is 5.56 Å². The van der Waals surface area contributed by atoms with Gasteiger partial charge in [0, 0.05) is 23.5 Å². The van der Waals surface area contributed by atoms with Gasteiger partial charge in [0.15, 0.2) is 5.78 Å². The molecule has 2 N–H and O–H groups in total. The fraction of sp³-hybridized carbons (Fsp3) is 0. The number of rotatable bonds is 3. The van der Waals surface area contributed by atoms with E-state index in [0.717, 1.165) is 0 Å². The summed E-state index contributed by atoms with van der Waals surface area (Å²) in [5, 5.41) is 20.4. The molecule has 22 heavy (non-hydrogen) atoms. The average molecular weight is 291 g/mol. The van der Waals surface area contributed by atoms with Crippen LogP contribution < -0.4 is 0 Å². The van der Waals surface area contributed by atoms with Crippen LogP contribution in [0.4, 0.5) is 0 Å². The number of hydrogen-bond acceptors (Lipinski definition) is 4. The van der Waals surface area contributed by atoms with E-state index >= 15 is 0 Å². The molecular formula is C18H13NO3. The maximum absolute atomic E-state index is 12.4. The molecule has 0 radical (unpaired) electrons. The summed E-state index contributed by atoms with van der Waals surface area (Å²) in [6.07, 6.45) is 3.13. The standard InChI is InChI=1S/C18H13NO3/c20-15-10-14(18(22)13-4-2-1-3-5-13)11-16(21)17(15)12-6-8-19-9-7-12/h1-11,20-21H. The highest BCUT2D eigenvalue weighted by Gasteiger charge is 2.16. The van der Waals surface area contributed by atoms with Gasteiger partial charge in [-0.3, -0.25) is 9.78 Å². The predicted molar refractivity (Wildman–Crippen MR) is 82.9 cm³/mol. The molecule has 108 valence electrons. The second kappa shape index (κ2) is 5.69. The van der Waals surface area contributed by atoms with Crippen molar-refractivity contribution in [2.45, 2.75) is 0 Å². The topological polar surface area (TPSA) is 70.4 Å². The second-order valence-corrected chi connectivity index (χ2v) is 4.82. The number of pyridine rings is 1. The fourth-order valence-corrected chi connectivity index (χ4v) is 2.31. The zero-order valence-corrected chi connectivity index (χ0v) is 11.6. The van der Waals surface area contributed by atoms with Crippen LogP contribution >= 0.6 is 0 Å². The Balaban J connectivity index is 2.05. The number of nitrogens with zero attached hydrogens (tertiary/aromatic N) is 1. The van der Waals surface area contributed by atoms with Crippen LogP contribution in [0.3, 0.4) is 0 Å². The van der Waals surface area contributed by atoms with Crippen molar-refractivity contribution < 1.29 is 15.0 Å². The van der Waals surface area contributed by atoms with Crippen molar-refractivity contribution in [3.8, 4) is 22.6 Å². The molecule has 1 aromatic heterocycles. The number of phenolic OH excluding ortho intramolecular Hbond substituents is 2. The molecule has 1 heterocycles. The fourth-order valence-electron chi connectivity index (χ4n) is 2.31. The molecule has 0 spiro atoms. The minimum absolute atomic E-state index is 0.148. The van der Waals surface area contributed by atoms with Gasteiger partial charge in [0.2, 0.25) is 0 Å². The largest absolute Gasteiger partial charge is 0.507 e. The van der Waals surface area contributed by atoms with E-state index in [2.05, 4.69) is 4.98 Å². The molecule has 0 atom stereocenters. The zero-order valence-electron chi connectivity index (χ0n) is 11.6. The van der Waals surface area contributed by atoms with Gasteiger partial charge in [-0.05, 0) is 29.8 Å². The molecule has 2 aromatic carbocycles. The highest BCUT2D eigenvalue weighted by Crippen LogP contribution is 2.38. The first kappa shape index (κ1) is 13.8. The molecule has 4 heteroatoms. The molecule has 0 saturated carbocycles. The lowest BCUT2D eigenvalue weighted by Crippen LogP contribution is -2.01. The first-order valence-corrected chi connectivity index (χ1v) is 6.73. The number of aromatic hydroxyl groups is 2. The first-order valence-electron chi connectivity index (χ1n) is 6.73. The van der Waals surface area contributed by atoms with Gasteiger partial charge in [0.25, 0.3) is 0 Å². The van der Waals surface area contributed by atoms with Crippen LogP contribution in [0, 0.1) is 0 Å². The van der Waals surface area contributed by atoms with Crippen LogP contribution in [0.25, 0.3) is 11.1 Å². The molecule has 3 aromatic rings. The van der Waals surface area contributed by atoms with Crippen LogP contribution in [0.5, 0.6) is 11.5 Å². The van der Waals surface area contributed by atoms with Crippen molar-refractivity contribution in [1.29, 1.82) is 0 Å². The Labute approximate surface area is 127 Å². The number of aromatic nitrogens is 1. The van der Waals surface area contributed by atoms with Gasteiger partial charge < -0.3 is 10.2 Å². The number of benzene rings is 2. The molecule has 0 unspecified atom stereocenters. The summed E-state index contributed by atoms with van der Waals surface area (Å²) in [5.74, 6) is -0.552. The smallest absolute Gasteiger partial charge is 0.193 e. The predicted octanol–water partition coefficient (Wildman–Crippen LogP) is 3.39. The van der Waals surface area contributed by atoms with E-state index in [1.54, 1.807) is 48.8 Å².